The molecular weight excluding hydrogens is 366 g/mol. The molecule has 1 N–H and O–H groups in total. The maximum absolute atomic E-state index is 12.6. The zero-order valence-electron chi connectivity index (χ0n) is 15.0. The fraction of sp³-hybridized carbons (Fsp3) is 0.400. The molecule has 138 valence electrons. The van der Waals surface area contributed by atoms with Gasteiger partial charge in [0.1, 0.15) is 5.00 Å². The summed E-state index contributed by atoms with van der Waals surface area (Å²) in [6.45, 7) is 4.58. The number of fused-ring (bicyclic) bond motifs is 1. The van der Waals surface area contributed by atoms with Gasteiger partial charge in [0.2, 0.25) is 5.91 Å². The maximum Gasteiger partial charge on any atom is 0.341 e. The van der Waals surface area contributed by atoms with Gasteiger partial charge in [-0.1, -0.05) is 19.9 Å². The number of esters is 1. The van der Waals surface area contributed by atoms with Gasteiger partial charge in [-0.3, -0.25) is 4.79 Å². The lowest BCUT2D eigenvalue weighted by Gasteiger charge is -2.18. The zero-order valence-corrected chi connectivity index (χ0v) is 16.7. The number of ether oxygens (including phenoxy) is 1. The molecule has 2 aromatic rings. The first kappa shape index (κ1) is 18.9. The van der Waals surface area contributed by atoms with E-state index in [4.69, 9.17) is 4.74 Å². The Balaban J connectivity index is 1.83. The van der Waals surface area contributed by atoms with Crippen molar-refractivity contribution in [1.82, 2.24) is 0 Å². The highest BCUT2D eigenvalue weighted by atomic mass is 32.1. The molecule has 1 amide bonds. The molecule has 2 aromatic heterocycles. The Hall–Kier alpha value is -1.92. The molecule has 3 rings (SSSR count). The summed E-state index contributed by atoms with van der Waals surface area (Å²) < 4.78 is 5.37. The molecule has 0 radical (unpaired) electrons. The molecular formula is C20H23NO3S2. The predicted octanol–water partition coefficient (Wildman–Crippen LogP) is 5.15. The quantitative estimate of drug-likeness (QED) is 0.549. The van der Waals surface area contributed by atoms with Crippen LogP contribution in [0.5, 0.6) is 0 Å². The maximum atomic E-state index is 12.6. The van der Waals surface area contributed by atoms with Gasteiger partial charge in [-0.25, -0.2) is 4.79 Å². The van der Waals surface area contributed by atoms with Gasteiger partial charge >= 0.3 is 5.97 Å². The van der Waals surface area contributed by atoms with Gasteiger partial charge in [-0.15, -0.1) is 22.7 Å². The Labute approximate surface area is 161 Å². The molecule has 0 saturated heterocycles. The third-order valence-corrected chi connectivity index (χ3v) is 6.34. The van der Waals surface area contributed by atoms with E-state index in [1.807, 2.05) is 24.4 Å². The lowest BCUT2D eigenvalue weighted by atomic mass is 9.88. The highest BCUT2D eigenvalue weighted by molar-refractivity contribution is 7.17. The van der Waals surface area contributed by atoms with Crippen LogP contribution in [0.3, 0.4) is 0 Å². The summed E-state index contributed by atoms with van der Waals surface area (Å²) in [4.78, 5) is 27.1. The molecule has 2 heterocycles. The number of thiophene rings is 2. The lowest BCUT2D eigenvalue weighted by Crippen LogP contribution is -2.16. The lowest BCUT2D eigenvalue weighted by molar-refractivity contribution is -0.111. The Morgan fingerprint density at radius 1 is 1.42 bits per heavy atom. The number of nitrogens with one attached hydrogen (secondary N) is 1. The van der Waals surface area contributed by atoms with Gasteiger partial charge in [0.05, 0.1) is 12.2 Å². The van der Waals surface area contributed by atoms with Crippen LogP contribution in [0.15, 0.2) is 23.6 Å². The van der Waals surface area contributed by atoms with E-state index >= 15 is 0 Å². The molecule has 6 heteroatoms. The molecule has 1 aliphatic carbocycles. The van der Waals surface area contributed by atoms with Crippen molar-refractivity contribution in [2.45, 2.75) is 39.5 Å². The molecule has 4 nitrogen and oxygen atoms in total. The summed E-state index contributed by atoms with van der Waals surface area (Å²) in [6.07, 6.45) is 6.95. The molecule has 0 fully saturated rings. The third-order valence-electron chi connectivity index (χ3n) is 4.33. The summed E-state index contributed by atoms with van der Waals surface area (Å²) in [7, 11) is 0. The van der Waals surface area contributed by atoms with E-state index < -0.39 is 0 Å². The van der Waals surface area contributed by atoms with Crippen LogP contribution in [-0.2, 0) is 22.4 Å². The van der Waals surface area contributed by atoms with Crippen LogP contribution in [0.2, 0.25) is 0 Å². The van der Waals surface area contributed by atoms with Crippen LogP contribution in [0.4, 0.5) is 5.00 Å². The van der Waals surface area contributed by atoms with E-state index in [1.54, 1.807) is 17.4 Å². The first-order valence-electron chi connectivity index (χ1n) is 8.92. The zero-order chi connectivity index (χ0) is 18.5. The number of carbonyl (C=O) groups excluding carboxylic acids is 2. The van der Waals surface area contributed by atoms with Crippen molar-refractivity contribution in [3.63, 3.8) is 0 Å². The largest absolute Gasteiger partial charge is 0.462 e. The van der Waals surface area contributed by atoms with Gasteiger partial charge in [0.15, 0.2) is 0 Å². The van der Waals surface area contributed by atoms with Crippen molar-refractivity contribution in [3.8, 4) is 0 Å². The summed E-state index contributed by atoms with van der Waals surface area (Å²) >= 11 is 3.09. The number of carbonyl (C=O) groups is 2. The normalized spacial score (nSPS) is 16.5. The number of amides is 1. The van der Waals surface area contributed by atoms with Gasteiger partial charge in [-0.05, 0) is 54.7 Å². The van der Waals surface area contributed by atoms with E-state index in [1.165, 1.54) is 22.3 Å². The molecule has 0 spiro atoms. The fourth-order valence-electron chi connectivity index (χ4n) is 3.02. The van der Waals surface area contributed by atoms with Crippen LogP contribution in [-0.4, -0.2) is 18.5 Å². The molecule has 0 bridgehead atoms. The van der Waals surface area contributed by atoms with Crippen molar-refractivity contribution >= 4 is 45.6 Å². The minimum absolute atomic E-state index is 0.227. The first-order chi connectivity index (χ1) is 12.6. The van der Waals surface area contributed by atoms with Gasteiger partial charge < -0.3 is 10.1 Å². The first-order valence-corrected chi connectivity index (χ1v) is 10.6. The highest BCUT2D eigenvalue weighted by Gasteiger charge is 2.28. The number of hydrogen-bond acceptors (Lipinski definition) is 5. The summed E-state index contributed by atoms with van der Waals surface area (Å²) in [5.41, 5.74) is 1.62. The summed E-state index contributed by atoms with van der Waals surface area (Å²) in [6, 6.07) is 3.89. The molecule has 1 aliphatic rings. The molecule has 0 saturated carbocycles. The van der Waals surface area contributed by atoms with Crippen molar-refractivity contribution in [1.29, 1.82) is 0 Å². The van der Waals surface area contributed by atoms with Crippen LogP contribution in [0, 0.1) is 5.92 Å². The summed E-state index contributed by atoms with van der Waals surface area (Å²) in [5.74, 6) is 0.0500. The average molecular weight is 390 g/mol. The van der Waals surface area contributed by atoms with E-state index in [2.05, 4.69) is 12.2 Å². The van der Waals surface area contributed by atoms with E-state index in [0.717, 1.165) is 36.1 Å². The van der Waals surface area contributed by atoms with Crippen LogP contribution < -0.4 is 5.32 Å². The van der Waals surface area contributed by atoms with E-state index in [0.29, 0.717) is 23.1 Å². The SMILES string of the molecule is CCCOC(=O)c1c(NC(=O)/C=C/c2cccs2)sc2c1CCC(C)C2. The van der Waals surface area contributed by atoms with E-state index in [-0.39, 0.29) is 11.9 Å². The number of anilines is 1. The average Bonchev–Trinajstić information content (AvgIpc) is 3.24. The van der Waals surface area contributed by atoms with Crippen molar-refractivity contribution in [2.75, 3.05) is 11.9 Å². The predicted molar refractivity (Wildman–Crippen MR) is 108 cm³/mol. The smallest absolute Gasteiger partial charge is 0.341 e. The van der Waals surface area contributed by atoms with Gasteiger partial charge in [0, 0.05) is 15.8 Å². The Morgan fingerprint density at radius 3 is 3.00 bits per heavy atom. The van der Waals surface area contributed by atoms with Crippen molar-refractivity contribution in [3.05, 3.63) is 44.5 Å². The second-order valence-electron chi connectivity index (χ2n) is 6.53. The molecule has 0 aliphatic heterocycles. The van der Waals surface area contributed by atoms with Crippen LogP contribution >= 0.6 is 22.7 Å². The number of rotatable bonds is 6. The standard InChI is InChI=1S/C20H23NO3S2/c1-3-10-24-20(23)18-15-8-6-13(2)12-16(15)26-19(18)21-17(22)9-7-14-5-4-11-25-14/h4-5,7,9,11,13H,3,6,8,10,12H2,1-2H3,(H,21,22)/b9-7+. The monoisotopic (exact) mass is 389 g/mol. The highest BCUT2D eigenvalue weighted by Crippen LogP contribution is 2.40. The summed E-state index contributed by atoms with van der Waals surface area (Å²) in [5, 5.41) is 5.48. The van der Waals surface area contributed by atoms with E-state index in [9.17, 15) is 9.59 Å². The topological polar surface area (TPSA) is 55.4 Å². The van der Waals surface area contributed by atoms with Crippen molar-refractivity contribution < 1.29 is 14.3 Å². The minimum atomic E-state index is -0.323. The van der Waals surface area contributed by atoms with Crippen LogP contribution in [0.1, 0.15) is 52.4 Å². The van der Waals surface area contributed by atoms with Gasteiger partial charge in [-0.2, -0.15) is 0 Å². The van der Waals surface area contributed by atoms with Gasteiger partial charge in [0.25, 0.3) is 0 Å². The second-order valence-corrected chi connectivity index (χ2v) is 8.61. The molecule has 1 atom stereocenters. The Bertz CT molecular complexity index is 805. The molecule has 1 unspecified atom stereocenters. The Kier molecular flexibility index (Phi) is 6.27. The van der Waals surface area contributed by atoms with Crippen LogP contribution in [0.25, 0.3) is 6.08 Å². The molecule has 0 aromatic carbocycles. The fourth-order valence-corrected chi connectivity index (χ4v) is 5.04. The Morgan fingerprint density at radius 2 is 2.27 bits per heavy atom. The molecule has 26 heavy (non-hydrogen) atoms. The number of hydrogen-bond donors (Lipinski definition) is 1. The minimum Gasteiger partial charge on any atom is -0.462 e. The second kappa shape index (κ2) is 8.64. The van der Waals surface area contributed by atoms with Crippen molar-refractivity contribution in [2.24, 2.45) is 5.92 Å². The third kappa shape index (κ3) is 4.43.